The highest BCUT2D eigenvalue weighted by molar-refractivity contribution is 7.21. The van der Waals surface area contributed by atoms with E-state index >= 15 is 0 Å². The predicted molar refractivity (Wildman–Crippen MR) is 539 cm³/mol. The van der Waals surface area contributed by atoms with Gasteiger partial charge in [0.25, 0.3) is 17.1 Å². The first-order valence-corrected chi connectivity index (χ1v) is 48.6. The van der Waals surface area contributed by atoms with Crippen LogP contribution >= 0.6 is 34.0 Å². The van der Waals surface area contributed by atoms with Crippen molar-refractivity contribution >= 4 is 187 Å². The van der Waals surface area contributed by atoms with Gasteiger partial charge in [0.1, 0.15) is 91.6 Å². The van der Waals surface area contributed by atoms with E-state index < -0.39 is 41.7 Å². The molecule has 1 saturated carbocycles. The third-order valence-electron chi connectivity index (χ3n) is 24.0. The summed E-state index contributed by atoms with van der Waals surface area (Å²) in [5.41, 5.74) is 10.0. The minimum absolute atomic E-state index is 0.0146. The second-order valence-corrected chi connectivity index (χ2v) is 37.9. The van der Waals surface area contributed by atoms with Crippen LogP contribution in [0, 0.1) is 23.3 Å². The summed E-state index contributed by atoms with van der Waals surface area (Å²) in [5, 5.41) is 55.3. The summed E-state index contributed by atoms with van der Waals surface area (Å²) in [6.07, 6.45) is 6.73. The van der Waals surface area contributed by atoms with E-state index in [4.69, 9.17) is 42.5 Å². The van der Waals surface area contributed by atoms with E-state index in [-0.39, 0.29) is 102 Å². The van der Waals surface area contributed by atoms with Gasteiger partial charge in [-0.1, -0.05) is 44.9 Å². The first-order valence-electron chi connectivity index (χ1n) is 46.1. The second-order valence-electron chi connectivity index (χ2n) is 34.8. The number of carbonyl (C=O) groups is 6. The Bertz CT molecular complexity index is 7860. The van der Waals surface area contributed by atoms with Crippen molar-refractivity contribution in [3.63, 3.8) is 0 Å². The van der Waals surface area contributed by atoms with Crippen molar-refractivity contribution in [1.82, 2.24) is 74.8 Å². The molecular weight excluding hydrogens is 1960 g/mol. The summed E-state index contributed by atoms with van der Waals surface area (Å²) in [4.78, 5) is 148. The largest absolute Gasteiger partial charge is 0.477 e. The highest BCUT2D eigenvalue weighted by atomic mass is 32.1. The van der Waals surface area contributed by atoms with Crippen molar-refractivity contribution in [2.75, 3.05) is 116 Å². The van der Waals surface area contributed by atoms with Crippen LogP contribution in [0.2, 0.25) is 0 Å². The van der Waals surface area contributed by atoms with Gasteiger partial charge in [0.2, 0.25) is 16.9 Å². The van der Waals surface area contributed by atoms with Gasteiger partial charge in [-0.25, -0.2) is 91.2 Å². The van der Waals surface area contributed by atoms with Gasteiger partial charge in [0.05, 0.1) is 37.8 Å². The van der Waals surface area contributed by atoms with Crippen LogP contribution in [0.15, 0.2) is 163 Å². The summed E-state index contributed by atoms with van der Waals surface area (Å²) in [6.45, 7) is 19.1. The fraction of sp³-hybridized carbons (Fsp3) is 0.290. The molecule has 3 saturated heterocycles. The van der Waals surface area contributed by atoms with Crippen molar-refractivity contribution in [3.8, 4) is 45.2 Å². The molecule has 0 amide bonds. The number of furan rings is 1. The molecule has 39 nitrogen and oxygen atoms in total. The van der Waals surface area contributed by atoms with Crippen LogP contribution in [0.3, 0.4) is 0 Å². The number of aromatic nitrogens is 15. The normalized spacial score (nSPS) is 13.7. The standard InChI is InChI=1S/C20H14FN3O2S.C18H15FN4O4.C17H14FN3O3S.C17H14FN3O2S.C15H20N4O3.C13H16N4O4/c1-24(14-5-3-2-4-6-14)18-17(12-7-9-13(21)10-8-12)22-15-11-16(20(25)26)27-19(15)23-18;1-8(2)23(3)15-13(12-7-9-6-10(19)4-5-11(9)26-12)20-14-16(22-15)27-17(21-14)18(24)25;18-11-3-1-10(2-4-11)14-15(21-5-7-24-8-6-21)20-16-12(19-14)9-13(25-16)17(22)23;18-11-5-3-10(4-6-11)14-15(21-7-1-2-8-21)20-16-12(19-14)9-13(24-16)17(22)23;1-8(2)19(3)12-10(9-6-4-5-7-9)16-11-13(18-12)22-14(17-11)15(20)21;1-7(2)8-10(17-3-5-20-6-4-17)16-11-9(14-8)15-12(21-11)13(18)19/h2-11H,1H3,(H,25,26);4-8H,1-3H3,(H,24,25);1-4,9H,5-8H2,(H,22,23);3-6,9H,1-2,7-8H2,(H,22,23);8-9H,4-7H2,1-3H3,(H,20,21);7H,3-6H2,1-2H3,(H,18,19). The minimum atomic E-state index is -1.31. The van der Waals surface area contributed by atoms with Crippen LogP contribution in [0.5, 0.6) is 0 Å². The smallest absolute Gasteiger partial charge is 0.392 e. The van der Waals surface area contributed by atoms with Crippen LogP contribution in [-0.4, -0.2) is 240 Å². The maximum absolute atomic E-state index is 13.5. The number of para-hydroxylation sites is 1. The Balaban J connectivity index is 0.000000120. The number of hydrogen-bond donors (Lipinski definition) is 6. The van der Waals surface area contributed by atoms with E-state index in [0.717, 1.165) is 126 Å². The summed E-state index contributed by atoms with van der Waals surface area (Å²) in [7, 11) is 5.65. The molecule has 3 aliphatic heterocycles. The molecule has 6 N–H and O–H groups in total. The van der Waals surface area contributed by atoms with E-state index in [0.29, 0.717) is 145 Å². The van der Waals surface area contributed by atoms with Crippen LogP contribution in [0.25, 0.3) is 121 Å². The molecule has 4 fully saturated rings. The predicted octanol–water partition coefficient (Wildman–Crippen LogP) is 19.6. The number of nitrogens with zero attached hydrogens (tertiary/aromatic N) is 21. The SMILES string of the molecule is CC(C)N(C)c1nc2oc(C(=O)O)nc2nc1-c1cc2cc(F)ccc2o1.CC(C)N(C)c1nc2oc(C(=O)O)nc2nc1C1CCCC1.CC(C)c1nc2nc(C(=O)O)oc2nc1N1CCOCC1.CN(c1ccccc1)c1nc2sc(C(=O)O)cc2nc1-c1ccc(F)cc1.O=C(O)c1cc2nc(-c3ccc(F)cc3)c(N3CCCC3)nc2s1.O=C(O)c1cc2nc(-c3ccc(F)cc3)c(N3CCOCC3)nc2s1. The average Bonchev–Trinajstić information content (AvgIpc) is 1.59. The summed E-state index contributed by atoms with van der Waals surface area (Å²) < 4.78 is 85.4. The van der Waals surface area contributed by atoms with E-state index in [1.807, 2.05) is 93.9 Å². The van der Waals surface area contributed by atoms with Gasteiger partial charge in [-0.15, -0.1) is 34.0 Å². The monoisotopic (exact) mass is 2050 g/mol. The molecule has 4 aliphatic rings. The molecule has 146 heavy (non-hydrogen) atoms. The topological polar surface area (TPSA) is 508 Å². The number of hydrogen-bond acceptors (Lipinski definition) is 36. The number of aromatic carboxylic acids is 6. The maximum Gasteiger partial charge on any atom is 0.392 e. The first kappa shape index (κ1) is 101. The number of ether oxygens (including phenoxy) is 2. The molecule has 46 heteroatoms. The summed E-state index contributed by atoms with van der Waals surface area (Å²) >= 11 is 3.30. The molecule has 18 aromatic rings. The van der Waals surface area contributed by atoms with Crippen molar-refractivity contribution in [1.29, 1.82) is 0 Å². The molecule has 0 spiro atoms. The number of rotatable bonds is 21. The Morgan fingerprint density at radius 3 is 1.23 bits per heavy atom. The number of anilines is 7. The van der Waals surface area contributed by atoms with Gasteiger partial charge in [-0.3, -0.25) is 0 Å². The third kappa shape index (κ3) is 22.7. The molecule has 5 aromatic carbocycles. The number of oxazole rings is 3. The lowest BCUT2D eigenvalue weighted by molar-refractivity contribution is 0.0646. The molecule has 0 unspecified atom stereocenters. The second kappa shape index (κ2) is 43.9. The number of fused-ring (bicyclic) bond motifs is 7. The Kier molecular flexibility index (Phi) is 30.4. The minimum Gasteiger partial charge on any atom is -0.477 e. The van der Waals surface area contributed by atoms with Gasteiger partial charge in [0, 0.05) is 106 Å². The Hall–Kier alpha value is -16.3. The molecule has 22 rings (SSSR count). The maximum atomic E-state index is 13.5. The number of carboxylic acids is 6. The van der Waals surface area contributed by atoms with Crippen molar-refractivity contribution < 1.29 is 104 Å². The number of morpholine rings is 2. The Morgan fingerprint density at radius 1 is 0.377 bits per heavy atom. The van der Waals surface area contributed by atoms with Crippen LogP contribution in [0.4, 0.5) is 58.2 Å². The quantitative estimate of drug-likeness (QED) is 0.0364. The number of carboxylic acid groups (broad SMARTS) is 6. The lowest BCUT2D eigenvalue weighted by Gasteiger charge is -2.29. The zero-order valence-electron chi connectivity index (χ0n) is 79.7. The van der Waals surface area contributed by atoms with Crippen LogP contribution in [-0.2, 0) is 9.47 Å². The fourth-order valence-electron chi connectivity index (χ4n) is 16.2. The van der Waals surface area contributed by atoms with E-state index in [1.165, 1.54) is 85.6 Å². The van der Waals surface area contributed by atoms with E-state index in [9.17, 15) is 61.6 Å². The Morgan fingerprint density at radius 2 is 0.781 bits per heavy atom. The molecule has 0 bridgehead atoms. The average molecular weight is 2050 g/mol. The number of halogens is 4. The molecule has 0 radical (unpaired) electrons. The van der Waals surface area contributed by atoms with Gasteiger partial charge < -0.3 is 87.2 Å². The van der Waals surface area contributed by atoms with Gasteiger partial charge in [-0.2, -0.15) is 29.9 Å². The molecule has 13 aromatic heterocycles. The first-order chi connectivity index (χ1) is 70.1. The molecule has 0 atom stereocenters. The highest BCUT2D eigenvalue weighted by Gasteiger charge is 2.33. The molecule has 1 aliphatic carbocycles. The fourth-order valence-corrected chi connectivity index (χ4v) is 18.6. The number of benzene rings is 5. The van der Waals surface area contributed by atoms with E-state index in [1.54, 1.807) is 42.5 Å². The highest BCUT2D eigenvalue weighted by Crippen LogP contribution is 2.43. The van der Waals surface area contributed by atoms with Gasteiger partial charge >= 0.3 is 53.5 Å². The lowest BCUT2D eigenvalue weighted by Crippen LogP contribution is -2.37. The van der Waals surface area contributed by atoms with Crippen molar-refractivity contribution in [2.24, 2.45) is 0 Å². The Labute approximate surface area is 838 Å². The molecule has 16 heterocycles. The lowest BCUT2D eigenvalue weighted by atomic mass is 10.0. The van der Waals surface area contributed by atoms with Crippen LogP contribution < -0.4 is 29.4 Å². The van der Waals surface area contributed by atoms with Crippen molar-refractivity contribution in [3.05, 3.63) is 213 Å². The van der Waals surface area contributed by atoms with Gasteiger partial charge in [-0.05, 0) is 187 Å². The number of thiophene rings is 3. The third-order valence-corrected chi connectivity index (χ3v) is 27.0. The van der Waals surface area contributed by atoms with Crippen LogP contribution in [0.1, 0.15) is 164 Å². The summed E-state index contributed by atoms with van der Waals surface area (Å²) in [5.74, 6) is -4.57. The zero-order valence-corrected chi connectivity index (χ0v) is 82.1. The molecule has 752 valence electrons. The zero-order chi connectivity index (χ0) is 103. The molecular formula is C100H93F4N21O18S3. The summed E-state index contributed by atoms with van der Waals surface area (Å²) in [6, 6.07) is 38.6. The van der Waals surface area contributed by atoms with Crippen molar-refractivity contribution in [2.45, 2.75) is 104 Å². The van der Waals surface area contributed by atoms with E-state index in [2.05, 4.69) is 103 Å². The van der Waals surface area contributed by atoms with Gasteiger partial charge in [0.15, 0.2) is 46.4 Å².